The van der Waals surface area contributed by atoms with Crippen molar-refractivity contribution in [2.75, 3.05) is 7.11 Å². The molecular formula is C29H23BrN2O2S. The van der Waals surface area contributed by atoms with Crippen LogP contribution in [0.1, 0.15) is 40.3 Å². The lowest BCUT2D eigenvalue weighted by Gasteiger charge is -2.30. The minimum atomic E-state index is -0.169. The molecule has 2 heterocycles. The van der Waals surface area contributed by atoms with E-state index < -0.39 is 0 Å². The van der Waals surface area contributed by atoms with E-state index in [2.05, 4.69) is 52.3 Å². The highest BCUT2D eigenvalue weighted by molar-refractivity contribution is 9.10. The molecule has 0 bridgehead atoms. The predicted octanol–water partition coefficient (Wildman–Crippen LogP) is 5.40. The van der Waals surface area contributed by atoms with Crippen molar-refractivity contribution in [1.29, 1.82) is 0 Å². The molecule has 0 N–H and O–H groups in total. The van der Waals surface area contributed by atoms with E-state index in [1.165, 1.54) is 28.0 Å². The quantitative estimate of drug-likeness (QED) is 0.348. The van der Waals surface area contributed by atoms with Crippen molar-refractivity contribution < 1.29 is 4.74 Å². The Labute approximate surface area is 215 Å². The number of methoxy groups -OCH3 is 1. The minimum Gasteiger partial charge on any atom is -0.496 e. The molecule has 6 rings (SSSR count). The Morgan fingerprint density at radius 1 is 1.09 bits per heavy atom. The van der Waals surface area contributed by atoms with Crippen LogP contribution in [0.4, 0.5) is 0 Å². The van der Waals surface area contributed by atoms with Crippen LogP contribution in [0.3, 0.4) is 0 Å². The van der Waals surface area contributed by atoms with Crippen molar-refractivity contribution in [3.8, 4) is 5.75 Å². The summed E-state index contributed by atoms with van der Waals surface area (Å²) in [5, 5.41) is 0. The fraction of sp³-hybridized carbons (Fsp3) is 0.172. The summed E-state index contributed by atoms with van der Waals surface area (Å²) < 4.78 is 9.06. The second-order valence-electron chi connectivity index (χ2n) is 8.89. The molecule has 3 aromatic carbocycles. The summed E-state index contributed by atoms with van der Waals surface area (Å²) in [6.45, 7) is 2.01. The number of halogens is 1. The summed E-state index contributed by atoms with van der Waals surface area (Å²) in [5.74, 6) is 0.811. The molecular weight excluding hydrogens is 520 g/mol. The number of ether oxygens (including phenoxy) is 1. The summed E-state index contributed by atoms with van der Waals surface area (Å²) in [7, 11) is 1.67. The highest BCUT2D eigenvalue weighted by atomic mass is 79.9. The van der Waals surface area contributed by atoms with Gasteiger partial charge in [0, 0.05) is 10.0 Å². The first-order valence-corrected chi connectivity index (χ1v) is 13.2. The molecule has 1 atom stereocenters. The van der Waals surface area contributed by atoms with Gasteiger partial charge in [0.1, 0.15) is 5.75 Å². The highest BCUT2D eigenvalue weighted by Crippen LogP contribution is 2.41. The minimum absolute atomic E-state index is 0.00776. The Hall–Kier alpha value is -3.22. The topological polar surface area (TPSA) is 43.6 Å². The SMILES string of the molecule is COc1cc(/C=c2/sc3n(c2=O)[C@H](c2ccc(Br)cc2)C2=C(N=3)c3ccccc3CC2)ccc1C. The van der Waals surface area contributed by atoms with Crippen LogP contribution in [0, 0.1) is 6.92 Å². The van der Waals surface area contributed by atoms with Gasteiger partial charge >= 0.3 is 0 Å². The number of fused-ring (bicyclic) bond motifs is 3. The smallest absolute Gasteiger partial charge is 0.271 e. The molecule has 1 aliphatic carbocycles. The summed E-state index contributed by atoms with van der Waals surface area (Å²) in [5.41, 5.74) is 7.81. The maximum Gasteiger partial charge on any atom is 0.271 e. The van der Waals surface area contributed by atoms with E-state index in [0.29, 0.717) is 4.53 Å². The molecule has 1 aromatic heterocycles. The molecule has 6 heteroatoms. The normalized spacial score (nSPS) is 16.9. The average Bonchev–Trinajstić information content (AvgIpc) is 3.19. The molecule has 0 saturated heterocycles. The van der Waals surface area contributed by atoms with Gasteiger partial charge in [0.05, 0.1) is 23.4 Å². The summed E-state index contributed by atoms with van der Waals surface area (Å²) in [6, 6.07) is 22.6. The number of allylic oxidation sites excluding steroid dienone is 1. The van der Waals surface area contributed by atoms with Gasteiger partial charge < -0.3 is 4.74 Å². The number of thiazole rings is 1. The average molecular weight is 543 g/mol. The van der Waals surface area contributed by atoms with E-state index in [1.807, 2.05) is 47.9 Å². The van der Waals surface area contributed by atoms with Gasteiger partial charge in [-0.15, -0.1) is 0 Å². The third kappa shape index (κ3) is 3.81. The van der Waals surface area contributed by atoms with Gasteiger partial charge in [0.2, 0.25) is 0 Å². The first-order chi connectivity index (χ1) is 17.0. The molecule has 0 unspecified atom stereocenters. The number of hydrogen-bond donors (Lipinski definition) is 0. The van der Waals surface area contributed by atoms with E-state index in [4.69, 9.17) is 9.73 Å². The number of rotatable bonds is 3. The summed E-state index contributed by atoms with van der Waals surface area (Å²) >= 11 is 5.00. The first-order valence-electron chi connectivity index (χ1n) is 11.6. The summed E-state index contributed by atoms with van der Waals surface area (Å²) in [6.07, 6.45) is 3.78. The second-order valence-corrected chi connectivity index (χ2v) is 10.8. The molecule has 174 valence electrons. The van der Waals surface area contributed by atoms with Crippen molar-refractivity contribution in [1.82, 2.24) is 4.57 Å². The third-order valence-corrected chi connectivity index (χ3v) is 8.30. The number of hydrogen-bond acceptors (Lipinski definition) is 4. The standard InChI is InChI=1S/C29H23BrN2O2S/c1-17-7-8-18(15-24(17)34-2)16-25-28(33)32-27(20-9-12-21(30)13-10-20)23-14-11-19-5-3-4-6-22(19)26(23)31-29(32)35-25/h3-10,12-13,15-16,27H,11,14H2,1-2H3/b25-16+/t27-/m1/s1. The van der Waals surface area contributed by atoms with Gasteiger partial charge in [0.25, 0.3) is 5.56 Å². The Morgan fingerprint density at radius 2 is 1.89 bits per heavy atom. The van der Waals surface area contributed by atoms with Crippen LogP contribution in [0.15, 0.2) is 86.6 Å². The van der Waals surface area contributed by atoms with E-state index in [0.717, 1.165) is 50.3 Å². The lowest BCUT2D eigenvalue weighted by Crippen LogP contribution is -2.38. The molecule has 4 nitrogen and oxygen atoms in total. The van der Waals surface area contributed by atoms with Gasteiger partial charge in [0.15, 0.2) is 4.80 Å². The second kappa shape index (κ2) is 8.77. The summed E-state index contributed by atoms with van der Waals surface area (Å²) in [4.78, 5) is 19.6. The van der Waals surface area contributed by atoms with Crippen LogP contribution in [0.25, 0.3) is 11.8 Å². The van der Waals surface area contributed by atoms with Crippen LogP contribution < -0.4 is 19.6 Å². The van der Waals surface area contributed by atoms with Crippen molar-refractivity contribution in [2.45, 2.75) is 25.8 Å². The van der Waals surface area contributed by atoms with Gasteiger partial charge in [-0.25, -0.2) is 4.99 Å². The van der Waals surface area contributed by atoms with Gasteiger partial charge in [-0.1, -0.05) is 75.8 Å². The van der Waals surface area contributed by atoms with Crippen molar-refractivity contribution in [3.05, 3.63) is 124 Å². The van der Waals surface area contributed by atoms with Crippen LogP contribution in [0.5, 0.6) is 5.75 Å². The van der Waals surface area contributed by atoms with E-state index in [1.54, 1.807) is 7.11 Å². The molecule has 0 saturated carbocycles. The lowest BCUT2D eigenvalue weighted by molar-refractivity contribution is 0.411. The molecule has 0 spiro atoms. The maximum absolute atomic E-state index is 13.8. The van der Waals surface area contributed by atoms with Crippen LogP contribution in [-0.4, -0.2) is 11.7 Å². The Kier molecular flexibility index (Phi) is 5.58. The highest BCUT2D eigenvalue weighted by Gasteiger charge is 2.32. The zero-order chi connectivity index (χ0) is 24.1. The molecule has 0 radical (unpaired) electrons. The third-order valence-electron chi connectivity index (χ3n) is 6.79. The van der Waals surface area contributed by atoms with E-state index >= 15 is 0 Å². The van der Waals surface area contributed by atoms with Crippen molar-refractivity contribution >= 4 is 39.0 Å². The lowest BCUT2D eigenvalue weighted by atomic mass is 9.83. The molecule has 0 amide bonds. The molecule has 1 aliphatic heterocycles. The Morgan fingerprint density at radius 3 is 2.69 bits per heavy atom. The monoisotopic (exact) mass is 542 g/mol. The number of aryl methyl sites for hydroxylation is 2. The number of nitrogens with zero attached hydrogens (tertiary/aromatic N) is 2. The van der Waals surface area contributed by atoms with Gasteiger partial charge in [-0.3, -0.25) is 9.36 Å². The predicted molar refractivity (Wildman–Crippen MR) is 145 cm³/mol. The first kappa shape index (κ1) is 22.3. The van der Waals surface area contributed by atoms with Crippen LogP contribution in [0.2, 0.25) is 0 Å². The molecule has 2 aliphatic rings. The van der Waals surface area contributed by atoms with Crippen molar-refractivity contribution in [3.63, 3.8) is 0 Å². The van der Waals surface area contributed by atoms with Crippen LogP contribution in [-0.2, 0) is 6.42 Å². The van der Waals surface area contributed by atoms with E-state index in [9.17, 15) is 4.79 Å². The van der Waals surface area contributed by atoms with Crippen LogP contribution >= 0.6 is 27.3 Å². The molecule has 4 aromatic rings. The molecule has 0 fully saturated rings. The number of aromatic nitrogens is 1. The largest absolute Gasteiger partial charge is 0.496 e. The Balaban J connectivity index is 1.60. The fourth-order valence-electron chi connectivity index (χ4n) is 5.05. The zero-order valence-electron chi connectivity index (χ0n) is 19.4. The number of benzene rings is 3. The molecule has 35 heavy (non-hydrogen) atoms. The van der Waals surface area contributed by atoms with Gasteiger partial charge in [-0.2, -0.15) is 0 Å². The van der Waals surface area contributed by atoms with E-state index in [-0.39, 0.29) is 11.6 Å². The Bertz CT molecular complexity index is 1680. The van der Waals surface area contributed by atoms with Crippen molar-refractivity contribution in [2.24, 2.45) is 4.99 Å². The zero-order valence-corrected chi connectivity index (χ0v) is 21.8. The fourth-order valence-corrected chi connectivity index (χ4v) is 6.31. The van der Waals surface area contributed by atoms with Gasteiger partial charge in [-0.05, 0) is 71.9 Å². The maximum atomic E-state index is 13.8.